The lowest BCUT2D eigenvalue weighted by atomic mass is 10.5. The molecule has 0 radical (unpaired) electrons. The summed E-state index contributed by atoms with van der Waals surface area (Å²) >= 11 is 1.84. The summed E-state index contributed by atoms with van der Waals surface area (Å²) in [6, 6.07) is 4.04. The molecule has 1 aromatic rings. The molecule has 0 bridgehead atoms. The number of rotatable bonds is 2. The van der Waals surface area contributed by atoms with Crippen LogP contribution >= 0.6 is 11.8 Å². The van der Waals surface area contributed by atoms with Crippen molar-refractivity contribution >= 4 is 11.8 Å². The molecule has 48 valence electrons. The highest BCUT2D eigenvalue weighted by atomic mass is 32.2. The van der Waals surface area contributed by atoms with Crippen LogP contribution in [0, 0.1) is 0 Å². The van der Waals surface area contributed by atoms with Gasteiger partial charge in [-0.05, 0) is 17.9 Å². The van der Waals surface area contributed by atoms with Crippen LogP contribution in [0.25, 0.3) is 0 Å². The van der Waals surface area contributed by atoms with Crippen molar-refractivity contribution in [1.29, 1.82) is 0 Å². The van der Waals surface area contributed by atoms with Crippen molar-refractivity contribution in [3.05, 3.63) is 24.5 Å². The van der Waals surface area contributed by atoms with Crippen molar-refractivity contribution in [2.45, 2.75) is 11.8 Å². The van der Waals surface area contributed by atoms with Crippen LogP contribution in [-0.2, 0) is 0 Å². The van der Waals surface area contributed by atoms with Gasteiger partial charge in [-0.2, -0.15) is 0 Å². The molecule has 2 heteroatoms. The Bertz CT molecular complexity index is 162. The Balaban J connectivity index is 2.61. The zero-order chi connectivity index (χ0) is 6.53. The first kappa shape index (κ1) is 6.62. The standard InChI is InChI=1S/C7H9NS/c1-2-9-7-3-5-8-6-4-7/h3-6H,2H2,1H3. The summed E-state index contributed by atoms with van der Waals surface area (Å²) in [4.78, 5) is 5.21. The van der Waals surface area contributed by atoms with Crippen LogP contribution < -0.4 is 0 Å². The molecule has 0 unspecified atom stereocenters. The van der Waals surface area contributed by atoms with Crippen LogP contribution in [0.3, 0.4) is 0 Å². The van der Waals surface area contributed by atoms with Crippen molar-refractivity contribution in [3.8, 4) is 0 Å². The molecule has 0 atom stereocenters. The Morgan fingerprint density at radius 3 is 2.67 bits per heavy atom. The van der Waals surface area contributed by atoms with Crippen LogP contribution in [0.2, 0.25) is 0 Å². The second-order valence-corrected chi connectivity index (χ2v) is 2.95. The number of aromatic nitrogens is 1. The topological polar surface area (TPSA) is 12.9 Å². The molecule has 0 saturated carbocycles. The van der Waals surface area contributed by atoms with E-state index in [1.807, 2.05) is 36.3 Å². The van der Waals surface area contributed by atoms with Gasteiger partial charge < -0.3 is 0 Å². The summed E-state index contributed by atoms with van der Waals surface area (Å²) < 4.78 is 0. The van der Waals surface area contributed by atoms with Crippen molar-refractivity contribution < 1.29 is 0 Å². The Kier molecular flexibility index (Phi) is 2.58. The Morgan fingerprint density at radius 2 is 2.11 bits per heavy atom. The number of hydrogen-bond acceptors (Lipinski definition) is 2. The van der Waals surface area contributed by atoms with Crippen LogP contribution in [0.5, 0.6) is 0 Å². The third-order valence-corrected chi connectivity index (χ3v) is 1.85. The number of thioether (sulfide) groups is 1. The molecule has 0 aromatic carbocycles. The van der Waals surface area contributed by atoms with Crippen LogP contribution in [-0.4, -0.2) is 10.7 Å². The van der Waals surface area contributed by atoms with E-state index in [2.05, 4.69) is 11.9 Å². The first-order valence-corrected chi connectivity index (χ1v) is 3.95. The quantitative estimate of drug-likeness (QED) is 0.582. The molecule has 0 aliphatic rings. The third-order valence-electron chi connectivity index (χ3n) is 0.961. The maximum absolute atomic E-state index is 3.91. The summed E-state index contributed by atoms with van der Waals surface area (Å²) in [5, 5.41) is 0. The molecule has 0 aliphatic heterocycles. The van der Waals surface area contributed by atoms with E-state index in [1.165, 1.54) is 4.90 Å². The van der Waals surface area contributed by atoms with Gasteiger partial charge >= 0.3 is 0 Å². The van der Waals surface area contributed by atoms with E-state index in [-0.39, 0.29) is 0 Å². The van der Waals surface area contributed by atoms with Gasteiger partial charge in [0.15, 0.2) is 0 Å². The lowest BCUT2D eigenvalue weighted by molar-refractivity contribution is 1.26. The average molecular weight is 139 g/mol. The van der Waals surface area contributed by atoms with Crippen molar-refractivity contribution in [1.82, 2.24) is 4.98 Å². The fourth-order valence-electron chi connectivity index (χ4n) is 0.601. The predicted octanol–water partition coefficient (Wildman–Crippen LogP) is 2.19. The van der Waals surface area contributed by atoms with Gasteiger partial charge in [0.1, 0.15) is 0 Å². The molecule has 1 rings (SSSR count). The molecular weight excluding hydrogens is 130 g/mol. The number of pyridine rings is 1. The molecule has 0 amide bonds. The monoisotopic (exact) mass is 139 g/mol. The van der Waals surface area contributed by atoms with Gasteiger partial charge in [-0.15, -0.1) is 11.8 Å². The predicted molar refractivity (Wildman–Crippen MR) is 40.6 cm³/mol. The fraction of sp³-hybridized carbons (Fsp3) is 0.286. The largest absolute Gasteiger partial charge is 0.265 e. The zero-order valence-electron chi connectivity index (χ0n) is 5.37. The molecule has 9 heavy (non-hydrogen) atoms. The minimum absolute atomic E-state index is 1.13. The van der Waals surface area contributed by atoms with Crippen molar-refractivity contribution in [3.63, 3.8) is 0 Å². The summed E-state index contributed by atoms with van der Waals surface area (Å²) in [6.45, 7) is 2.14. The SMILES string of the molecule is CCSc1ccncc1. The third kappa shape index (κ3) is 2.06. The highest BCUT2D eigenvalue weighted by molar-refractivity contribution is 7.99. The average Bonchev–Trinajstić information content (AvgIpc) is 1.91. The minimum atomic E-state index is 1.13. The van der Waals surface area contributed by atoms with E-state index in [1.54, 1.807) is 0 Å². The van der Waals surface area contributed by atoms with Gasteiger partial charge in [0, 0.05) is 17.3 Å². The van der Waals surface area contributed by atoms with Gasteiger partial charge in [-0.25, -0.2) is 0 Å². The maximum Gasteiger partial charge on any atom is 0.0278 e. The van der Waals surface area contributed by atoms with E-state index in [0.717, 1.165) is 5.75 Å². The zero-order valence-corrected chi connectivity index (χ0v) is 6.19. The molecule has 0 fully saturated rings. The summed E-state index contributed by atoms with van der Waals surface area (Å²) in [5.41, 5.74) is 0. The molecule has 0 spiro atoms. The number of nitrogens with zero attached hydrogens (tertiary/aromatic N) is 1. The first-order chi connectivity index (χ1) is 4.43. The van der Waals surface area contributed by atoms with E-state index in [0.29, 0.717) is 0 Å². The molecular formula is C7H9NS. The fourth-order valence-corrected chi connectivity index (χ4v) is 1.25. The van der Waals surface area contributed by atoms with Crippen molar-refractivity contribution in [2.24, 2.45) is 0 Å². The van der Waals surface area contributed by atoms with Gasteiger partial charge in [0.25, 0.3) is 0 Å². The second-order valence-electron chi connectivity index (χ2n) is 1.62. The molecule has 1 aromatic heterocycles. The minimum Gasteiger partial charge on any atom is -0.265 e. The molecule has 0 saturated heterocycles. The van der Waals surface area contributed by atoms with Gasteiger partial charge in [-0.3, -0.25) is 4.98 Å². The van der Waals surface area contributed by atoms with Crippen LogP contribution in [0.1, 0.15) is 6.92 Å². The molecule has 1 nitrogen and oxygen atoms in total. The summed E-state index contributed by atoms with van der Waals surface area (Å²) in [6.07, 6.45) is 3.63. The summed E-state index contributed by atoms with van der Waals surface area (Å²) in [7, 11) is 0. The first-order valence-electron chi connectivity index (χ1n) is 2.96. The highest BCUT2D eigenvalue weighted by Gasteiger charge is 1.85. The summed E-state index contributed by atoms with van der Waals surface area (Å²) in [5.74, 6) is 1.13. The van der Waals surface area contributed by atoms with E-state index >= 15 is 0 Å². The number of hydrogen-bond donors (Lipinski definition) is 0. The lowest BCUT2D eigenvalue weighted by Gasteiger charge is -1.93. The lowest BCUT2D eigenvalue weighted by Crippen LogP contribution is -1.72. The molecule has 1 heterocycles. The second kappa shape index (κ2) is 3.51. The highest BCUT2D eigenvalue weighted by Crippen LogP contribution is 2.14. The Morgan fingerprint density at radius 1 is 1.44 bits per heavy atom. The van der Waals surface area contributed by atoms with Crippen LogP contribution in [0.4, 0.5) is 0 Å². The van der Waals surface area contributed by atoms with Gasteiger partial charge in [0.2, 0.25) is 0 Å². The van der Waals surface area contributed by atoms with E-state index in [9.17, 15) is 0 Å². The van der Waals surface area contributed by atoms with Crippen molar-refractivity contribution in [2.75, 3.05) is 5.75 Å². The van der Waals surface area contributed by atoms with Gasteiger partial charge in [-0.1, -0.05) is 6.92 Å². The van der Waals surface area contributed by atoms with Gasteiger partial charge in [0.05, 0.1) is 0 Å². The Labute approximate surface area is 59.5 Å². The van der Waals surface area contributed by atoms with E-state index < -0.39 is 0 Å². The Hall–Kier alpha value is -0.500. The molecule has 0 aliphatic carbocycles. The normalized spacial score (nSPS) is 9.44. The van der Waals surface area contributed by atoms with E-state index in [4.69, 9.17) is 0 Å². The molecule has 0 N–H and O–H groups in total. The smallest absolute Gasteiger partial charge is 0.0278 e. The maximum atomic E-state index is 3.91. The van der Waals surface area contributed by atoms with Crippen LogP contribution in [0.15, 0.2) is 29.4 Å².